The highest BCUT2D eigenvalue weighted by Gasteiger charge is 2.28. The number of ether oxygens (including phenoxy) is 1. The number of aliphatic hydroxyl groups excluding tert-OH is 1. The van der Waals surface area contributed by atoms with Gasteiger partial charge in [0.25, 0.3) is 0 Å². The van der Waals surface area contributed by atoms with Crippen molar-refractivity contribution in [3.63, 3.8) is 0 Å². The summed E-state index contributed by atoms with van der Waals surface area (Å²) in [4.78, 5) is 11.5. The van der Waals surface area contributed by atoms with E-state index in [2.05, 4.69) is 0 Å². The van der Waals surface area contributed by atoms with Crippen LogP contribution in [0.15, 0.2) is 0 Å². The molecule has 102 valence electrons. The summed E-state index contributed by atoms with van der Waals surface area (Å²) < 4.78 is 4.92. The van der Waals surface area contributed by atoms with Crippen molar-refractivity contribution >= 4 is 17.7 Å². The van der Waals surface area contributed by atoms with Crippen molar-refractivity contribution in [1.82, 2.24) is 0 Å². The molecule has 0 rings (SSSR count). The van der Waals surface area contributed by atoms with E-state index in [-0.39, 0.29) is 12.6 Å². The summed E-state index contributed by atoms with van der Waals surface area (Å²) in [5, 5.41) is 8.86. The van der Waals surface area contributed by atoms with Gasteiger partial charge in [-0.05, 0) is 44.1 Å². The third-order valence-corrected chi connectivity index (χ3v) is 3.82. The van der Waals surface area contributed by atoms with E-state index in [1.54, 1.807) is 25.6 Å². The summed E-state index contributed by atoms with van der Waals surface area (Å²) in [6.07, 6.45) is 1.51. The van der Waals surface area contributed by atoms with Crippen LogP contribution in [-0.4, -0.2) is 41.3 Å². The maximum absolute atomic E-state index is 11.5. The van der Waals surface area contributed by atoms with Crippen molar-refractivity contribution in [3.05, 3.63) is 0 Å². The molecule has 2 unspecified atom stereocenters. The molecule has 0 heterocycles. The molecule has 0 bridgehead atoms. The molecule has 0 aliphatic carbocycles. The van der Waals surface area contributed by atoms with Crippen molar-refractivity contribution in [2.75, 3.05) is 24.7 Å². The van der Waals surface area contributed by atoms with Crippen molar-refractivity contribution < 1.29 is 14.6 Å². The standard InChI is InChI=1S/C12H25NO3S/c1-4-16-11(15)12(3,13)6-5-7-17-9-10(2)8-14/h10,14H,4-9,13H2,1-3H3. The fourth-order valence-electron chi connectivity index (χ4n) is 1.28. The van der Waals surface area contributed by atoms with Gasteiger partial charge in [-0.25, -0.2) is 0 Å². The molecule has 0 aromatic heterocycles. The third-order valence-electron chi connectivity index (χ3n) is 2.44. The molecule has 0 aromatic carbocycles. The van der Waals surface area contributed by atoms with Gasteiger partial charge < -0.3 is 15.6 Å². The van der Waals surface area contributed by atoms with Crippen LogP contribution in [0.3, 0.4) is 0 Å². The highest BCUT2D eigenvalue weighted by atomic mass is 32.2. The molecule has 5 heteroatoms. The normalized spacial score (nSPS) is 16.3. The van der Waals surface area contributed by atoms with E-state index < -0.39 is 5.54 Å². The van der Waals surface area contributed by atoms with Gasteiger partial charge in [0.15, 0.2) is 0 Å². The first-order chi connectivity index (χ1) is 7.94. The average molecular weight is 263 g/mol. The highest BCUT2D eigenvalue weighted by molar-refractivity contribution is 7.99. The Morgan fingerprint density at radius 2 is 2.24 bits per heavy atom. The number of hydrogen-bond donors (Lipinski definition) is 2. The van der Waals surface area contributed by atoms with Crippen LogP contribution in [0.5, 0.6) is 0 Å². The fraction of sp³-hybridized carbons (Fsp3) is 0.917. The van der Waals surface area contributed by atoms with Crippen molar-refractivity contribution in [2.24, 2.45) is 11.7 Å². The molecule has 4 nitrogen and oxygen atoms in total. The zero-order valence-corrected chi connectivity index (χ0v) is 11.9. The molecule has 0 aliphatic rings. The van der Waals surface area contributed by atoms with Crippen molar-refractivity contribution in [2.45, 2.75) is 39.2 Å². The minimum absolute atomic E-state index is 0.227. The largest absolute Gasteiger partial charge is 0.465 e. The van der Waals surface area contributed by atoms with Gasteiger partial charge in [0, 0.05) is 6.61 Å². The summed E-state index contributed by atoms with van der Waals surface area (Å²) >= 11 is 1.78. The number of hydrogen-bond acceptors (Lipinski definition) is 5. The van der Waals surface area contributed by atoms with Gasteiger partial charge in [-0.2, -0.15) is 11.8 Å². The first-order valence-corrected chi connectivity index (χ1v) is 7.24. The zero-order valence-electron chi connectivity index (χ0n) is 11.1. The lowest BCUT2D eigenvalue weighted by Gasteiger charge is -2.21. The number of aliphatic hydroxyl groups is 1. The Morgan fingerprint density at radius 1 is 1.59 bits per heavy atom. The predicted octanol–water partition coefficient (Wildman–Crippen LogP) is 1.41. The summed E-state index contributed by atoms with van der Waals surface area (Å²) in [6.45, 7) is 6.10. The second-order valence-electron chi connectivity index (χ2n) is 4.60. The zero-order chi connectivity index (χ0) is 13.3. The Balaban J connectivity index is 3.69. The van der Waals surface area contributed by atoms with Crippen LogP contribution >= 0.6 is 11.8 Å². The lowest BCUT2D eigenvalue weighted by Crippen LogP contribution is -2.46. The molecular weight excluding hydrogens is 238 g/mol. The predicted molar refractivity (Wildman–Crippen MR) is 72.0 cm³/mol. The number of esters is 1. The van der Waals surface area contributed by atoms with Crippen LogP contribution in [0.4, 0.5) is 0 Å². The van der Waals surface area contributed by atoms with Crippen LogP contribution in [0.25, 0.3) is 0 Å². The highest BCUT2D eigenvalue weighted by Crippen LogP contribution is 2.15. The first kappa shape index (κ1) is 16.7. The Hall–Kier alpha value is -0.260. The van der Waals surface area contributed by atoms with E-state index in [0.717, 1.165) is 17.9 Å². The molecule has 3 N–H and O–H groups in total. The van der Waals surface area contributed by atoms with Crippen LogP contribution < -0.4 is 5.73 Å². The number of nitrogens with two attached hydrogens (primary N) is 1. The minimum Gasteiger partial charge on any atom is -0.465 e. The molecule has 17 heavy (non-hydrogen) atoms. The molecule has 0 aliphatic heterocycles. The number of thioether (sulfide) groups is 1. The van der Waals surface area contributed by atoms with Crippen LogP contribution in [-0.2, 0) is 9.53 Å². The third kappa shape index (κ3) is 7.63. The van der Waals surface area contributed by atoms with Crippen molar-refractivity contribution in [1.29, 1.82) is 0 Å². The van der Waals surface area contributed by atoms with Gasteiger partial charge in [-0.1, -0.05) is 6.92 Å². The molecule has 2 atom stereocenters. The Labute approximate surface area is 108 Å². The van der Waals surface area contributed by atoms with Crippen LogP contribution in [0.1, 0.15) is 33.6 Å². The smallest absolute Gasteiger partial charge is 0.325 e. The fourth-order valence-corrected chi connectivity index (χ4v) is 2.30. The number of rotatable bonds is 9. The van der Waals surface area contributed by atoms with Gasteiger partial charge in [-0.15, -0.1) is 0 Å². The molecule has 0 radical (unpaired) electrons. The van der Waals surface area contributed by atoms with E-state index in [0.29, 0.717) is 18.9 Å². The lowest BCUT2D eigenvalue weighted by molar-refractivity contribution is -0.149. The Kier molecular flexibility index (Phi) is 8.64. The molecule has 0 amide bonds. The molecule has 0 aromatic rings. The van der Waals surface area contributed by atoms with Crippen LogP contribution in [0, 0.1) is 5.92 Å². The minimum atomic E-state index is -0.876. The summed E-state index contributed by atoms with van der Waals surface area (Å²) in [5.41, 5.74) is 5.01. The number of carbonyl (C=O) groups is 1. The van der Waals surface area contributed by atoms with E-state index in [1.165, 1.54) is 0 Å². The second kappa shape index (κ2) is 8.78. The average Bonchev–Trinajstić information content (AvgIpc) is 2.28. The monoisotopic (exact) mass is 263 g/mol. The summed E-state index contributed by atoms with van der Waals surface area (Å²) in [7, 11) is 0. The SMILES string of the molecule is CCOC(=O)C(C)(N)CCCSCC(C)CO. The van der Waals surface area contributed by atoms with Crippen molar-refractivity contribution in [3.8, 4) is 0 Å². The first-order valence-electron chi connectivity index (χ1n) is 6.08. The van der Waals surface area contributed by atoms with Gasteiger partial charge in [0.1, 0.15) is 5.54 Å². The maximum atomic E-state index is 11.5. The molecule has 0 saturated carbocycles. The lowest BCUT2D eigenvalue weighted by atomic mass is 9.98. The van der Waals surface area contributed by atoms with Crippen LogP contribution in [0.2, 0.25) is 0 Å². The molecule has 0 saturated heterocycles. The molecule has 0 spiro atoms. The second-order valence-corrected chi connectivity index (χ2v) is 5.75. The van der Waals surface area contributed by atoms with Gasteiger partial charge in [0.05, 0.1) is 6.61 Å². The quantitative estimate of drug-likeness (QED) is 0.486. The van der Waals surface area contributed by atoms with E-state index in [4.69, 9.17) is 15.6 Å². The maximum Gasteiger partial charge on any atom is 0.325 e. The van der Waals surface area contributed by atoms with E-state index in [1.807, 2.05) is 6.92 Å². The Morgan fingerprint density at radius 3 is 2.76 bits per heavy atom. The Bertz CT molecular complexity index is 222. The van der Waals surface area contributed by atoms with Gasteiger partial charge >= 0.3 is 5.97 Å². The molecule has 0 fully saturated rings. The van der Waals surface area contributed by atoms with Gasteiger partial charge in [0.2, 0.25) is 0 Å². The summed E-state index contributed by atoms with van der Waals surface area (Å²) in [6, 6.07) is 0. The topological polar surface area (TPSA) is 72.5 Å². The molecular formula is C12H25NO3S. The van der Waals surface area contributed by atoms with Gasteiger partial charge in [-0.3, -0.25) is 4.79 Å². The summed E-state index contributed by atoms with van der Waals surface area (Å²) in [5.74, 6) is 1.90. The van der Waals surface area contributed by atoms with E-state index in [9.17, 15) is 4.79 Å². The van der Waals surface area contributed by atoms with E-state index >= 15 is 0 Å². The number of carbonyl (C=O) groups excluding carboxylic acids is 1.